The molecular formula is C17H23. The Morgan fingerprint density at radius 3 is 2.12 bits per heavy atom. The summed E-state index contributed by atoms with van der Waals surface area (Å²) in [5, 5.41) is 0. The van der Waals surface area contributed by atoms with Gasteiger partial charge < -0.3 is 0 Å². The number of hydrogen-bond donors (Lipinski definition) is 0. The molecule has 0 N–H and O–H groups in total. The highest BCUT2D eigenvalue weighted by atomic mass is 13.9. The second kappa shape index (κ2) is 11.2. The fourth-order valence-corrected chi connectivity index (χ4v) is 1.72. The van der Waals surface area contributed by atoms with E-state index < -0.39 is 0 Å². The van der Waals surface area contributed by atoms with Crippen molar-refractivity contribution in [1.29, 1.82) is 0 Å². The Labute approximate surface area is 106 Å². The summed E-state index contributed by atoms with van der Waals surface area (Å²) in [5.74, 6) is 0. The van der Waals surface area contributed by atoms with Gasteiger partial charge in [-0.25, -0.2) is 0 Å². The van der Waals surface area contributed by atoms with Crippen LogP contribution in [0.2, 0.25) is 0 Å². The Morgan fingerprint density at radius 1 is 0.588 bits per heavy atom. The smallest absolute Gasteiger partial charge is 0.0276 e. The van der Waals surface area contributed by atoms with Gasteiger partial charge in [-0.1, -0.05) is 73.9 Å². The van der Waals surface area contributed by atoms with E-state index in [1.165, 1.54) is 38.5 Å². The SMILES string of the molecule is [C]1=C/C=C/C=C\C=C\C=C\CCCCCCC/1. The highest BCUT2D eigenvalue weighted by Crippen LogP contribution is 2.07. The molecule has 1 aliphatic carbocycles. The summed E-state index contributed by atoms with van der Waals surface area (Å²) in [7, 11) is 0. The van der Waals surface area contributed by atoms with Crippen LogP contribution in [0.4, 0.5) is 0 Å². The van der Waals surface area contributed by atoms with E-state index in [0.717, 1.165) is 6.42 Å². The summed E-state index contributed by atoms with van der Waals surface area (Å²) in [6, 6.07) is 0. The fraction of sp³-hybridized carbons (Fsp3) is 0.412. The minimum Gasteiger partial charge on any atom is -0.0845 e. The van der Waals surface area contributed by atoms with Crippen molar-refractivity contribution >= 4 is 0 Å². The van der Waals surface area contributed by atoms with Crippen LogP contribution >= 0.6 is 0 Å². The van der Waals surface area contributed by atoms with Crippen LogP contribution in [0.5, 0.6) is 0 Å². The largest absolute Gasteiger partial charge is 0.0845 e. The maximum absolute atomic E-state index is 3.30. The maximum Gasteiger partial charge on any atom is -0.0276 e. The third-order valence-corrected chi connectivity index (χ3v) is 2.71. The van der Waals surface area contributed by atoms with Crippen LogP contribution in [0.3, 0.4) is 0 Å². The molecule has 0 aromatic rings. The first kappa shape index (κ1) is 13.8. The van der Waals surface area contributed by atoms with Crippen LogP contribution < -0.4 is 0 Å². The summed E-state index contributed by atoms with van der Waals surface area (Å²) in [6.07, 6.45) is 31.0. The predicted octanol–water partition coefficient (Wildman–Crippen LogP) is 5.31. The third kappa shape index (κ3) is 9.62. The van der Waals surface area contributed by atoms with Crippen molar-refractivity contribution in [2.45, 2.75) is 44.9 Å². The minimum absolute atomic E-state index is 1.09. The third-order valence-electron chi connectivity index (χ3n) is 2.71. The molecule has 0 amide bonds. The molecule has 1 radical (unpaired) electrons. The number of rotatable bonds is 0. The number of hydrogen-bond acceptors (Lipinski definition) is 0. The molecule has 0 aromatic carbocycles. The molecule has 0 unspecified atom stereocenters. The molecule has 17 heavy (non-hydrogen) atoms. The van der Waals surface area contributed by atoms with Crippen molar-refractivity contribution in [2.24, 2.45) is 0 Å². The fourth-order valence-electron chi connectivity index (χ4n) is 1.72. The van der Waals surface area contributed by atoms with Gasteiger partial charge in [-0.15, -0.1) is 0 Å². The molecule has 0 heteroatoms. The van der Waals surface area contributed by atoms with E-state index in [2.05, 4.69) is 30.4 Å². The van der Waals surface area contributed by atoms with Gasteiger partial charge in [0.25, 0.3) is 0 Å². The monoisotopic (exact) mass is 227 g/mol. The Hall–Kier alpha value is -1.30. The molecule has 0 atom stereocenters. The van der Waals surface area contributed by atoms with E-state index in [1.807, 2.05) is 30.4 Å². The van der Waals surface area contributed by atoms with Crippen molar-refractivity contribution < 1.29 is 0 Å². The Morgan fingerprint density at radius 2 is 1.24 bits per heavy atom. The van der Waals surface area contributed by atoms with E-state index in [9.17, 15) is 0 Å². The first-order valence-corrected chi connectivity index (χ1v) is 6.72. The second-order valence-corrected chi connectivity index (χ2v) is 4.26. The van der Waals surface area contributed by atoms with Crippen LogP contribution in [0.25, 0.3) is 0 Å². The van der Waals surface area contributed by atoms with E-state index in [4.69, 9.17) is 0 Å². The zero-order chi connectivity index (χ0) is 12.0. The van der Waals surface area contributed by atoms with Gasteiger partial charge in [-0.2, -0.15) is 0 Å². The van der Waals surface area contributed by atoms with Crippen molar-refractivity contribution in [3.05, 3.63) is 60.8 Å². The van der Waals surface area contributed by atoms with Crippen molar-refractivity contribution in [2.75, 3.05) is 0 Å². The first-order valence-electron chi connectivity index (χ1n) is 6.72. The summed E-state index contributed by atoms with van der Waals surface area (Å²) in [5.41, 5.74) is 0. The average Bonchev–Trinajstić information content (AvgIpc) is 2.35. The van der Waals surface area contributed by atoms with Gasteiger partial charge in [0.2, 0.25) is 0 Å². The Balaban J connectivity index is 2.38. The topological polar surface area (TPSA) is 0 Å². The van der Waals surface area contributed by atoms with Gasteiger partial charge in [0.05, 0.1) is 0 Å². The van der Waals surface area contributed by atoms with Crippen LogP contribution in [0.1, 0.15) is 44.9 Å². The lowest BCUT2D eigenvalue weighted by atomic mass is 10.1. The summed E-state index contributed by atoms with van der Waals surface area (Å²) < 4.78 is 0. The van der Waals surface area contributed by atoms with Crippen LogP contribution in [-0.2, 0) is 0 Å². The molecule has 0 saturated carbocycles. The van der Waals surface area contributed by atoms with Gasteiger partial charge >= 0.3 is 0 Å². The second-order valence-electron chi connectivity index (χ2n) is 4.26. The maximum atomic E-state index is 3.30. The van der Waals surface area contributed by atoms with Crippen molar-refractivity contribution in [3.63, 3.8) is 0 Å². The molecule has 0 aliphatic heterocycles. The number of allylic oxidation sites excluding steroid dienone is 10. The molecule has 0 spiro atoms. The zero-order valence-electron chi connectivity index (χ0n) is 10.6. The summed E-state index contributed by atoms with van der Waals surface area (Å²) >= 11 is 0. The molecule has 0 nitrogen and oxygen atoms in total. The minimum atomic E-state index is 1.09. The molecule has 1 rings (SSSR count). The quantitative estimate of drug-likeness (QED) is 0.525. The molecular weight excluding hydrogens is 204 g/mol. The Bertz CT molecular complexity index is 270. The van der Waals surface area contributed by atoms with E-state index in [-0.39, 0.29) is 0 Å². The van der Waals surface area contributed by atoms with E-state index in [1.54, 1.807) is 0 Å². The molecule has 0 saturated heterocycles. The van der Waals surface area contributed by atoms with E-state index in [0.29, 0.717) is 0 Å². The summed E-state index contributed by atoms with van der Waals surface area (Å²) in [4.78, 5) is 0. The normalized spacial score (nSPS) is 28.7. The molecule has 0 heterocycles. The van der Waals surface area contributed by atoms with Gasteiger partial charge in [-0.05, 0) is 31.8 Å². The zero-order valence-corrected chi connectivity index (χ0v) is 10.6. The average molecular weight is 227 g/mol. The molecule has 0 aromatic heterocycles. The first-order chi connectivity index (χ1) is 8.50. The molecule has 1 aliphatic rings. The highest BCUT2D eigenvalue weighted by Gasteiger charge is 1.88. The standard InChI is InChI=1S/C17H23/c1-2-4-6-8-10-12-14-16-17-15-13-11-9-7-5-3-1/h1-9H,10,12-17H2/b3-1-,4-2+,7-5+,8-6+,11-9?. The molecule has 91 valence electrons. The highest BCUT2D eigenvalue weighted by molar-refractivity contribution is 5.17. The van der Waals surface area contributed by atoms with Crippen molar-refractivity contribution in [1.82, 2.24) is 0 Å². The van der Waals surface area contributed by atoms with Gasteiger partial charge in [0.15, 0.2) is 0 Å². The lowest BCUT2D eigenvalue weighted by Crippen LogP contribution is -1.78. The predicted molar refractivity (Wildman–Crippen MR) is 76.7 cm³/mol. The van der Waals surface area contributed by atoms with Gasteiger partial charge in [-0.3, -0.25) is 0 Å². The van der Waals surface area contributed by atoms with Crippen LogP contribution in [-0.4, -0.2) is 0 Å². The molecule has 0 fully saturated rings. The van der Waals surface area contributed by atoms with E-state index >= 15 is 0 Å². The van der Waals surface area contributed by atoms with Crippen LogP contribution in [0, 0.1) is 6.08 Å². The molecule has 0 bridgehead atoms. The van der Waals surface area contributed by atoms with Crippen molar-refractivity contribution in [3.8, 4) is 0 Å². The lowest BCUT2D eigenvalue weighted by Gasteiger charge is -1.97. The van der Waals surface area contributed by atoms with Crippen LogP contribution in [0.15, 0.2) is 54.7 Å². The Kier molecular flexibility index (Phi) is 9.06. The lowest BCUT2D eigenvalue weighted by molar-refractivity contribution is 0.619. The summed E-state index contributed by atoms with van der Waals surface area (Å²) in [6.45, 7) is 0. The van der Waals surface area contributed by atoms with Gasteiger partial charge in [0, 0.05) is 0 Å². The van der Waals surface area contributed by atoms with Gasteiger partial charge in [0.1, 0.15) is 0 Å².